The molecule has 0 aromatic rings. The van der Waals surface area contributed by atoms with E-state index in [1.54, 1.807) is 6.08 Å². The molecule has 0 fully saturated rings. The molecule has 2 heteroatoms. The van der Waals surface area contributed by atoms with E-state index in [0.29, 0.717) is 0 Å². The Balaban J connectivity index is 3.64. The normalized spacial score (nSPS) is 13.4. The standard InChI is InChI=1S/C11H20O2/c1-3-5-6-7-9-10(8-4-2)11(12)13/h4,8,10H,3,5-7,9H2,1-2H3,(H,12,13)/t10-/m1/s1. The van der Waals surface area contributed by atoms with E-state index in [1.807, 2.05) is 13.0 Å². The van der Waals surface area contributed by atoms with Crippen molar-refractivity contribution in [2.45, 2.75) is 46.0 Å². The number of aliphatic carboxylic acids is 1. The highest BCUT2D eigenvalue weighted by atomic mass is 16.4. The first-order chi connectivity index (χ1) is 6.22. The molecule has 0 bridgehead atoms. The molecule has 0 aliphatic carbocycles. The van der Waals surface area contributed by atoms with E-state index in [9.17, 15) is 4.79 Å². The fourth-order valence-corrected chi connectivity index (χ4v) is 1.33. The van der Waals surface area contributed by atoms with Crippen LogP contribution in [0.25, 0.3) is 0 Å². The summed E-state index contributed by atoms with van der Waals surface area (Å²) < 4.78 is 0. The van der Waals surface area contributed by atoms with Crippen molar-refractivity contribution in [1.29, 1.82) is 0 Å². The Labute approximate surface area is 80.7 Å². The van der Waals surface area contributed by atoms with Gasteiger partial charge in [0.2, 0.25) is 0 Å². The zero-order valence-electron chi connectivity index (χ0n) is 8.62. The van der Waals surface area contributed by atoms with Crippen molar-refractivity contribution in [2.75, 3.05) is 0 Å². The van der Waals surface area contributed by atoms with Gasteiger partial charge in [0.1, 0.15) is 0 Å². The molecule has 1 atom stereocenters. The molecule has 0 saturated carbocycles. The number of hydrogen-bond donors (Lipinski definition) is 1. The first-order valence-corrected chi connectivity index (χ1v) is 5.08. The molecule has 0 rings (SSSR count). The maximum Gasteiger partial charge on any atom is 0.310 e. The first kappa shape index (κ1) is 12.2. The second-order valence-corrected chi connectivity index (χ2v) is 3.32. The van der Waals surface area contributed by atoms with Gasteiger partial charge in [-0.25, -0.2) is 0 Å². The molecular weight excluding hydrogens is 164 g/mol. The van der Waals surface area contributed by atoms with Crippen LogP contribution in [-0.4, -0.2) is 11.1 Å². The van der Waals surface area contributed by atoms with Crippen molar-refractivity contribution in [3.05, 3.63) is 12.2 Å². The lowest BCUT2D eigenvalue weighted by molar-refractivity contribution is -0.140. The summed E-state index contributed by atoms with van der Waals surface area (Å²) in [6, 6.07) is 0. The zero-order valence-corrected chi connectivity index (χ0v) is 8.62. The summed E-state index contributed by atoms with van der Waals surface area (Å²) in [4.78, 5) is 10.7. The van der Waals surface area contributed by atoms with E-state index < -0.39 is 5.97 Å². The summed E-state index contributed by atoms with van der Waals surface area (Å²) in [6.45, 7) is 4.02. The van der Waals surface area contributed by atoms with Gasteiger partial charge in [-0.2, -0.15) is 0 Å². The SMILES string of the molecule is CC=C[C@H](CCCCCC)C(=O)O. The van der Waals surface area contributed by atoms with E-state index in [4.69, 9.17) is 5.11 Å². The maximum absolute atomic E-state index is 10.7. The number of rotatable bonds is 7. The minimum Gasteiger partial charge on any atom is -0.481 e. The number of unbranched alkanes of at least 4 members (excludes halogenated alkanes) is 3. The largest absolute Gasteiger partial charge is 0.481 e. The number of hydrogen-bond acceptors (Lipinski definition) is 1. The van der Waals surface area contributed by atoms with Crippen molar-refractivity contribution < 1.29 is 9.90 Å². The molecule has 1 N–H and O–H groups in total. The molecule has 0 radical (unpaired) electrons. The minimum atomic E-state index is -0.699. The first-order valence-electron chi connectivity index (χ1n) is 5.08. The molecule has 0 heterocycles. The summed E-state index contributed by atoms with van der Waals surface area (Å²) in [6.07, 6.45) is 8.95. The summed E-state index contributed by atoms with van der Waals surface area (Å²) >= 11 is 0. The zero-order chi connectivity index (χ0) is 10.1. The predicted molar refractivity (Wildman–Crippen MR) is 54.7 cm³/mol. The van der Waals surface area contributed by atoms with Gasteiger partial charge in [-0.05, 0) is 13.3 Å². The Kier molecular flexibility index (Phi) is 7.36. The monoisotopic (exact) mass is 184 g/mol. The number of carboxylic acids is 1. The van der Waals surface area contributed by atoms with Gasteiger partial charge in [-0.3, -0.25) is 4.79 Å². The summed E-state index contributed by atoms with van der Waals surface area (Å²) in [5.74, 6) is -0.976. The van der Waals surface area contributed by atoms with Crippen molar-refractivity contribution >= 4 is 5.97 Å². The van der Waals surface area contributed by atoms with Crippen molar-refractivity contribution in [3.8, 4) is 0 Å². The highest BCUT2D eigenvalue weighted by Gasteiger charge is 2.11. The molecular formula is C11H20O2. The van der Waals surface area contributed by atoms with Crippen molar-refractivity contribution in [3.63, 3.8) is 0 Å². The quantitative estimate of drug-likeness (QED) is 0.487. The molecule has 13 heavy (non-hydrogen) atoms. The van der Waals surface area contributed by atoms with Crippen molar-refractivity contribution in [2.24, 2.45) is 5.92 Å². The molecule has 0 spiro atoms. The van der Waals surface area contributed by atoms with Crippen LogP contribution in [0.1, 0.15) is 46.0 Å². The van der Waals surface area contributed by atoms with E-state index in [0.717, 1.165) is 19.3 Å². The third-order valence-corrected chi connectivity index (χ3v) is 2.11. The smallest absolute Gasteiger partial charge is 0.310 e. The summed E-state index contributed by atoms with van der Waals surface area (Å²) in [5.41, 5.74) is 0. The van der Waals surface area contributed by atoms with Crippen LogP contribution in [0.15, 0.2) is 12.2 Å². The van der Waals surface area contributed by atoms with Crippen LogP contribution < -0.4 is 0 Å². The van der Waals surface area contributed by atoms with Gasteiger partial charge >= 0.3 is 5.97 Å². The Morgan fingerprint density at radius 2 is 2.08 bits per heavy atom. The van der Waals surface area contributed by atoms with Gasteiger partial charge < -0.3 is 5.11 Å². The highest BCUT2D eigenvalue weighted by molar-refractivity contribution is 5.71. The van der Waals surface area contributed by atoms with E-state index >= 15 is 0 Å². The van der Waals surface area contributed by atoms with Crippen LogP contribution in [0.5, 0.6) is 0 Å². The number of allylic oxidation sites excluding steroid dienone is 1. The van der Waals surface area contributed by atoms with Crippen LogP contribution >= 0.6 is 0 Å². The molecule has 0 aromatic carbocycles. The molecule has 0 aliphatic heterocycles. The van der Waals surface area contributed by atoms with Crippen molar-refractivity contribution in [1.82, 2.24) is 0 Å². The fraction of sp³-hybridized carbons (Fsp3) is 0.727. The maximum atomic E-state index is 10.7. The second-order valence-electron chi connectivity index (χ2n) is 3.32. The number of carbonyl (C=O) groups is 1. The average Bonchev–Trinajstić information content (AvgIpc) is 2.10. The fourth-order valence-electron chi connectivity index (χ4n) is 1.33. The van der Waals surface area contributed by atoms with Gasteiger partial charge in [0.05, 0.1) is 5.92 Å². The van der Waals surface area contributed by atoms with E-state index in [-0.39, 0.29) is 5.92 Å². The minimum absolute atomic E-state index is 0.276. The summed E-state index contributed by atoms with van der Waals surface area (Å²) in [5, 5.41) is 8.81. The molecule has 76 valence electrons. The lowest BCUT2D eigenvalue weighted by Gasteiger charge is -2.06. The van der Waals surface area contributed by atoms with E-state index in [2.05, 4.69) is 6.92 Å². The highest BCUT2D eigenvalue weighted by Crippen LogP contribution is 2.12. The van der Waals surface area contributed by atoms with Gasteiger partial charge in [0, 0.05) is 0 Å². The molecule has 0 aromatic heterocycles. The average molecular weight is 184 g/mol. The molecule has 0 unspecified atom stereocenters. The topological polar surface area (TPSA) is 37.3 Å². The predicted octanol–water partition coefficient (Wildman–Crippen LogP) is 3.23. The Hall–Kier alpha value is -0.790. The summed E-state index contributed by atoms with van der Waals surface area (Å²) in [7, 11) is 0. The second kappa shape index (κ2) is 7.84. The Bertz CT molecular complexity index is 161. The Morgan fingerprint density at radius 1 is 1.38 bits per heavy atom. The van der Waals surface area contributed by atoms with Gasteiger partial charge in [-0.1, -0.05) is 44.8 Å². The van der Waals surface area contributed by atoms with Gasteiger partial charge in [0.25, 0.3) is 0 Å². The third-order valence-electron chi connectivity index (χ3n) is 2.11. The third kappa shape index (κ3) is 6.38. The lowest BCUT2D eigenvalue weighted by Crippen LogP contribution is -2.10. The Morgan fingerprint density at radius 3 is 2.54 bits per heavy atom. The molecule has 0 aliphatic rings. The van der Waals surface area contributed by atoms with Crippen LogP contribution in [0.2, 0.25) is 0 Å². The van der Waals surface area contributed by atoms with Crippen LogP contribution in [0.3, 0.4) is 0 Å². The molecule has 2 nitrogen and oxygen atoms in total. The van der Waals surface area contributed by atoms with Gasteiger partial charge in [0.15, 0.2) is 0 Å². The van der Waals surface area contributed by atoms with Gasteiger partial charge in [-0.15, -0.1) is 0 Å². The van der Waals surface area contributed by atoms with Crippen LogP contribution in [0, 0.1) is 5.92 Å². The molecule has 0 amide bonds. The number of carboxylic acid groups (broad SMARTS) is 1. The lowest BCUT2D eigenvalue weighted by atomic mass is 10.0. The van der Waals surface area contributed by atoms with E-state index in [1.165, 1.54) is 12.8 Å². The van der Waals surface area contributed by atoms with Crippen LogP contribution in [0.4, 0.5) is 0 Å². The van der Waals surface area contributed by atoms with Crippen LogP contribution in [-0.2, 0) is 4.79 Å². The molecule has 0 saturated heterocycles.